The molecule has 5 rings (SSSR count). The molecule has 0 aliphatic carbocycles. The van der Waals surface area contributed by atoms with E-state index in [0.717, 1.165) is 33.4 Å². The third-order valence-electron chi connectivity index (χ3n) is 7.76. The Bertz CT molecular complexity index is 1580. The molecule has 0 spiro atoms. The van der Waals surface area contributed by atoms with Crippen molar-refractivity contribution in [2.45, 2.75) is 68.9 Å². The zero-order valence-electron chi connectivity index (χ0n) is 25.5. The zero-order valence-corrected chi connectivity index (χ0v) is 26.4. The average molecular weight is 647 g/mol. The number of ether oxygens (including phenoxy) is 2. The van der Waals surface area contributed by atoms with Crippen molar-refractivity contribution in [2.75, 3.05) is 5.75 Å². The Morgan fingerprint density at radius 2 is 1.67 bits per heavy atom. The minimum Gasteiger partial charge on any atom is -0.392 e. The van der Waals surface area contributed by atoms with E-state index < -0.39 is 12.2 Å². The zero-order chi connectivity index (χ0) is 32.3. The van der Waals surface area contributed by atoms with Crippen LogP contribution in [0.25, 0.3) is 11.1 Å². The first-order valence-electron chi connectivity index (χ1n) is 15.2. The van der Waals surface area contributed by atoms with E-state index in [1.165, 1.54) is 11.8 Å². The summed E-state index contributed by atoms with van der Waals surface area (Å²) < 4.78 is 14.6. The first-order valence-corrected chi connectivity index (χ1v) is 16.2. The van der Waals surface area contributed by atoms with E-state index in [9.17, 15) is 14.7 Å². The molecule has 12 nitrogen and oxygen atoms in total. The van der Waals surface area contributed by atoms with Crippen LogP contribution >= 0.6 is 11.8 Å². The number of benzene rings is 3. The summed E-state index contributed by atoms with van der Waals surface area (Å²) in [6.45, 7) is 0.359. The normalized spacial score (nSPS) is 17.8. The Labute approximate surface area is 271 Å². The number of tetrazole rings is 1. The molecule has 0 radical (unpaired) electrons. The molecular weight excluding hydrogens is 608 g/mol. The molecule has 1 saturated heterocycles. The van der Waals surface area contributed by atoms with Crippen LogP contribution in [0.1, 0.15) is 66.8 Å². The summed E-state index contributed by atoms with van der Waals surface area (Å²) in [7, 11) is 1.81. The van der Waals surface area contributed by atoms with Crippen LogP contribution in [0.3, 0.4) is 0 Å². The molecule has 4 aromatic rings. The predicted molar refractivity (Wildman–Crippen MR) is 170 cm³/mol. The SMILES string of the molecule is Cn1nnnc1SC[C@@H]1C[C@H](c2ccc(CO)cc2)O[C@H](c2ccc(-c3ccccc3CNC(=O)CCCCC(=O)NO)cc2)O1. The number of nitrogens with zero attached hydrogens (tertiary/aromatic N) is 4. The van der Waals surface area contributed by atoms with Crippen LogP contribution < -0.4 is 10.8 Å². The van der Waals surface area contributed by atoms with Gasteiger partial charge in [0, 0.05) is 44.2 Å². The number of hydroxylamine groups is 1. The number of aliphatic hydroxyl groups excluding tert-OH is 1. The van der Waals surface area contributed by atoms with Crippen LogP contribution in [0, 0.1) is 0 Å². The number of aromatic nitrogens is 4. The quantitative estimate of drug-likeness (QED) is 0.0670. The second-order valence-electron chi connectivity index (χ2n) is 11.0. The maximum Gasteiger partial charge on any atom is 0.243 e. The van der Waals surface area contributed by atoms with Gasteiger partial charge >= 0.3 is 0 Å². The van der Waals surface area contributed by atoms with Crippen molar-refractivity contribution in [3.63, 3.8) is 0 Å². The van der Waals surface area contributed by atoms with Gasteiger partial charge < -0.3 is 19.9 Å². The van der Waals surface area contributed by atoms with E-state index in [-0.39, 0.29) is 31.1 Å². The van der Waals surface area contributed by atoms with Crippen molar-refractivity contribution in [3.8, 4) is 11.1 Å². The maximum absolute atomic E-state index is 12.4. The lowest BCUT2D eigenvalue weighted by molar-refractivity contribution is -0.245. The molecule has 2 amide bonds. The van der Waals surface area contributed by atoms with Crippen molar-refractivity contribution >= 4 is 23.6 Å². The van der Waals surface area contributed by atoms with Gasteiger partial charge in [0.15, 0.2) is 6.29 Å². The maximum atomic E-state index is 12.4. The molecule has 1 aromatic heterocycles. The van der Waals surface area contributed by atoms with Gasteiger partial charge in [-0.25, -0.2) is 10.2 Å². The Morgan fingerprint density at radius 3 is 2.37 bits per heavy atom. The van der Waals surface area contributed by atoms with Crippen LogP contribution in [0.4, 0.5) is 0 Å². The summed E-state index contributed by atoms with van der Waals surface area (Å²) in [4.78, 5) is 23.5. The number of rotatable bonds is 14. The summed E-state index contributed by atoms with van der Waals surface area (Å²) in [5, 5.41) is 33.5. The van der Waals surface area contributed by atoms with Crippen molar-refractivity contribution in [1.82, 2.24) is 31.0 Å². The molecule has 46 heavy (non-hydrogen) atoms. The molecule has 0 bridgehead atoms. The van der Waals surface area contributed by atoms with Crippen LogP contribution in [0.2, 0.25) is 0 Å². The van der Waals surface area contributed by atoms with E-state index in [2.05, 4.69) is 20.8 Å². The number of hydrogen-bond donors (Lipinski definition) is 4. The highest BCUT2D eigenvalue weighted by Crippen LogP contribution is 2.39. The molecule has 1 aliphatic heterocycles. The first kappa shape index (κ1) is 33.2. The van der Waals surface area contributed by atoms with Crippen molar-refractivity contribution < 1.29 is 29.4 Å². The summed E-state index contributed by atoms with van der Waals surface area (Å²) in [6, 6.07) is 23.8. The number of aliphatic hydroxyl groups is 1. The molecule has 1 fully saturated rings. The molecule has 4 N–H and O–H groups in total. The number of unbranched alkanes of at least 4 members (excludes halogenated alkanes) is 1. The fourth-order valence-corrected chi connectivity index (χ4v) is 6.09. The molecule has 1 aliphatic rings. The highest BCUT2D eigenvalue weighted by atomic mass is 32.2. The van der Waals surface area contributed by atoms with Gasteiger partial charge in [0.05, 0.1) is 18.8 Å². The average Bonchev–Trinajstić information content (AvgIpc) is 3.52. The third-order valence-corrected chi connectivity index (χ3v) is 8.91. The van der Waals surface area contributed by atoms with Crippen molar-refractivity contribution in [2.24, 2.45) is 7.05 Å². The number of thioether (sulfide) groups is 1. The molecule has 0 unspecified atom stereocenters. The number of nitrogens with one attached hydrogen (secondary N) is 2. The minimum atomic E-state index is -0.591. The van der Waals surface area contributed by atoms with E-state index in [1.807, 2.05) is 72.8 Å². The Hall–Kier alpha value is -4.14. The van der Waals surface area contributed by atoms with Crippen LogP contribution in [0.15, 0.2) is 78.0 Å². The van der Waals surface area contributed by atoms with Crippen LogP contribution in [-0.4, -0.2) is 54.2 Å². The number of aryl methyl sites for hydroxylation is 1. The minimum absolute atomic E-state index is 0.0161. The third kappa shape index (κ3) is 8.98. The smallest absolute Gasteiger partial charge is 0.243 e. The van der Waals surface area contributed by atoms with Gasteiger partial charge in [-0.1, -0.05) is 84.6 Å². The van der Waals surface area contributed by atoms with Crippen LogP contribution in [-0.2, 0) is 39.3 Å². The fourth-order valence-electron chi connectivity index (χ4n) is 5.22. The summed E-state index contributed by atoms with van der Waals surface area (Å²) in [6.07, 6.45) is 1.29. The van der Waals surface area contributed by atoms with E-state index in [0.29, 0.717) is 43.1 Å². The number of carbonyl (C=O) groups is 2. The number of carbonyl (C=O) groups excluding carboxylic acids is 2. The molecule has 0 saturated carbocycles. The van der Waals surface area contributed by atoms with E-state index >= 15 is 0 Å². The summed E-state index contributed by atoms with van der Waals surface area (Å²) in [5.74, 6) is 0.101. The second kappa shape index (κ2) is 16.4. The highest BCUT2D eigenvalue weighted by Gasteiger charge is 2.32. The van der Waals surface area contributed by atoms with Gasteiger partial charge in [-0.3, -0.25) is 14.8 Å². The Balaban J connectivity index is 1.26. The Kier molecular flexibility index (Phi) is 11.9. The van der Waals surface area contributed by atoms with Gasteiger partial charge in [0.25, 0.3) is 0 Å². The van der Waals surface area contributed by atoms with Gasteiger partial charge in [-0.15, -0.1) is 5.10 Å². The number of hydrogen-bond acceptors (Lipinski definition) is 10. The van der Waals surface area contributed by atoms with E-state index in [1.54, 1.807) is 17.2 Å². The van der Waals surface area contributed by atoms with Gasteiger partial charge in [0.2, 0.25) is 17.0 Å². The molecule has 242 valence electrons. The lowest BCUT2D eigenvalue weighted by atomic mass is 9.97. The lowest BCUT2D eigenvalue weighted by Gasteiger charge is -2.36. The van der Waals surface area contributed by atoms with Gasteiger partial charge in [-0.05, 0) is 51.1 Å². The topological polar surface area (TPSA) is 161 Å². The lowest BCUT2D eigenvalue weighted by Crippen LogP contribution is -2.31. The van der Waals surface area contributed by atoms with Crippen molar-refractivity contribution in [3.05, 3.63) is 95.1 Å². The second-order valence-corrected chi connectivity index (χ2v) is 12.0. The monoisotopic (exact) mass is 646 g/mol. The largest absolute Gasteiger partial charge is 0.392 e. The molecule has 2 heterocycles. The molecule has 13 heteroatoms. The number of amides is 2. The highest BCUT2D eigenvalue weighted by molar-refractivity contribution is 7.99. The molecular formula is C33H38N6O6S. The van der Waals surface area contributed by atoms with E-state index in [4.69, 9.17) is 14.7 Å². The fraction of sp³-hybridized carbons (Fsp3) is 0.364. The summed E-state index contributed by atoms with van der Waals surface area (Å²) in [5.41, 5.74) is 7.33. The Morgan fingerprint density at radius 1 is 0.957 bits per heavy atom. The predicted octanol–water partition coefficient (Wildman–Crippen LogP) is 4.39. The summed E-state index contributed by atoms with van der Waals surface area (Å²) >= 11 is 1.53. The van der Waals surface area contributed by atoms with Gasteiger partial charge in [0.1, 0.15) is 0 Å². The standard InChI is InChI=1S/C33H38N6O6S/c1-39-33(35-37-38-39)46-21-27-18-29(24-12-10-22(20-40)11-13-24)45-32(44-27)25-16-14-23(15-17-25)28-7-3-2-6-26(28)19-34-30(41)8-4-5-9-31(42)36-43/h2-3,6-7,10-17,27,29,32,40,43H,4-5,8-9,18-21H2,1H3,(H,34,41)(H,36,42)/t27-,29+,32+/m0/s1. The molecule has 3 atom stereocenters. The first-order chi connectivity index (χ1) is 22.4. The van der Waals surface area contributed by atoms with Gasteiger partial charge in [-0.2, -0.15) is 0 Å². The van der Waals surface area contributed by atoms with Crippen molar-refractivity contribution in [1.29, 1.82) is 0 Å². The van der Waals surface area contributed by atoms with Crippen LogP contribution in [0.5, 0.6) is 0 Å². The molecule has 3 aromatic carbocycles.